The predicted molar refractivity (Wildman–Crippen MR) is 79.3 cm³/mol. The number of hydrogen-bond donors (Lipinski definition) is 1. The smallest absolute Gasteiger partial charge is 0.336 e. The third kappa shape index (κ3) is 3.57. The monoisotopic (exact) mass is 282 g/mol. The highest BCUT2D eigenvalue weighted by Gasteiger charge is 2.14. The number of carboxylic acids is 1. The molecule has 0 heterocycles. The van der Waals surface area contributed by atoms with E-state index in [0.29, 0.717) is 5.56 Å². The second-order valence-corrected chi connectivity index (χ2v) is 4.35. The molecule has 0 aliphatic carbocycles. The van der Waals surface area contributed by atoms with Crippen molar-refractivity contribution < 1.29 is 19.4 Å². The van der Waals surface area contributed by atoms with Crippen LogP contribution in [0.4, 0.5) is 0 Å². The van der Waals surface area contributed by atoms with Gasteiger partial charge in [-0.25, -0.2) is 4.79 Å². The van der Waals surface area contributed by atoms with Crippen molar-refractivity contribution in [2.45, 2.75) is 6.42 Å². The van der Waals surface area contributed by atoms with Crippen molar-refractivity contribution in [3.63, 3.8) is 0 Å². The van der Waals surface area contributed by atoms with Gasteiger partial charge < -0.3 is 9.84 Å². The van der Waals surface area contributed by atoms with Crippen LogP contribution in [0.1, 0.15) is 16.8 Å². The van der Waals surface area contributed by atoms with Gasteiger partial charge in [0.15, 0.2) is 0 Å². The Morgan fingerprint density at radius 2 is 1.86 bits per heavy atom. The van der Waals surface area contributed by atoms with Gasteiger partial charge in [-0.05, 0) is 29.3 Å². The van der Waals surface area contributed by atoms with Crippen LogP contribution in [0.2, 0.25) is 0 Å². The van der Waals surface area contributed by atoms with E-state index in [1.54, 1.807) is 12.1 Å². The Balaban J connectivity index is 2.38. The molecule has 0 saturated carbocycles. The number of hydrogen-bond acceptors (Lipinski definition) is 3. The van der Waals surface area contributed by atoms with Crippen LogP contribution in [-0.2, 0) is 4.79 Å². The zero-order valence-electron chi connectivity index (χ0n) is 11.3. The van der Waals surface area contributed by atoms with Gasteiger partial charge in [0.05, 0.1) is 12.0 Å². The highest BCUT2D eigenvalue weighted by molar-refractivity contribution is 5.96. The second-order valence-electron chi connectivity index (χ2n) is 4.35. The average molecular weight is 282 g/mol. The molecule has 4 heteroatoms. The van der Waals surface area contributed by atoms with Gasteiger partial charge in [-0.1, -0.05) is 36.4 Å². The molecule has 0 spiro atoms. The highest BCUT2D eigenvalue weighted by atomic mass is 16.5. The first-order valence-electron chi connectivity index (χ1n) is 6.36. The number of benzene rings is 2. The van der Waals surface area contributed by atoms with Crippen molar-refractivity contribution in [3.8, 4) is 16.9 Å². The van der Waals surface area contributed by atoms with Crippen LogP contribution in [0, 0.1) is 0 Å². The summed E-state index contributed by atoms with van der Waals surface area (Å²) in [6.07, 6.45) is 1.50. The molecule has 0 unspecified atom stereocenters. The Morgan fingerprint density at radius 3 is 2.48 bits per heavy atom. The third-order valence-corrected chi connectivity index (χ3v) is 2.85. The minimum absolute atomic E-state index is 0.0723. The molecule has 0 fully saturated rings. The van der Waals surface area contributed by atoms with Crippen LogP contribution in [0.25, 0.3) is 11.1 Å². The van der Waals surface area contributed by atoms with Crippen LogP contribution in [0.3, 0.4) is 0 Å². The van der Waals surface area contributed by atoms with Gasteiger partial charge in [0.1, 0.15) is 5.75 Å². The van der Waals surface area contributed by atoms with Gasteiger partial charge in [-0.15, -0.1) is 6.58 Å². The molecule has 2 aromatic rings. The number of carbonyl (C=O) groups is 2. The fraction of sp³-hybridized carbons (Fsp3) is 0.0588. The Hall–Kier alpha value is -2.88. The van der Waals surface area contributed by atoms with Crippen LogP contribution >= 0.6 is 0 Å². The Bertz CT molecular complexity index is 674. The van der Waals surface area contributed by atoms with E-state index in [9.17, 15) is 14.7 Å². The van der Waals surface area contributed by atoms with Gasteiger partial charge in [0, 0.05) is 0 Å². The SMILES string of the molecule is C=CCC(=O)Oc1ccc(-c2ccccc2)c(C(=O)O)c1. The summed E-state index contributed by atoms with van der Waals surface area (Å²) in [5.74, 6) is -1.34. The molecule has 2 aromatic carbocycles. The van der Waals surface area contributed by atoms with Crippen molar-refractivity contribution in [1.29, 1.82) is 0 Å². The first-order chi connectivity index (χ1) is 10.1. The zero-order chi connectivity index (χ0) is 15.2. The van der Waals surface area contributed by atoms with Crippen LogP contribution < -0.4 is 4.74 Å². The first kappa shape index (κ1) is 14.5. The van der Waals surface area contributed by atoms with E-state index < -0.39 is 11.9 Å². The third-order valence-electron chi connectivity index (χ3n) is 2.85. The van der Waals surface area contributed by atoms with E-state index in [0.717, 1.165) is 5.56 Å². The zero-order valence-corrected chi connectivity index (χ0v) is 11.3. The number of carboxylic acid groups (broad SMARTS) is 1. The molecule has 0 bridgehead atoms. The number of esters is 1. The summed E-state index contributed by atoms with van der Waals surface area (Å²) in [5, 5.41) is 9.33. The summed E-state index contributed by atoms with van der Waals surface area (Å²) >= 11 is 0. The summed E-state index contributed by atoms with van der Waals surface area (Å²) in [6.45, 7) is 3.45. The van der Waals surface area contributed by atoms with Gasteiger partial charge >= 0.3 is 11.9 Å². The molecule has 0 amide bonds. The van der Waals surface area contributed by atoms with Gasteiger partial charge in [-0.2, -0.15) is 0 Å². The van der Waals surface area contributed by atoms with Crippen molar-refractivity contribution >= 4 is 11.9 Å². The molecule has 0 saturated heterocycles. The molecular formula is C17H14O4. The van der Waals surface area contributed by atoms with E-state index in [4.69, 9.17) is 4.74 Å². The Morgan fingerprint density at radius 1 is 1.14 bits per heavy atom. The lowest BCUT2D eigenvalue weighted by Crippen LogP contribution is -2.07. The lowest BCUT2D eigenvalue weighted by molar-refractivity contribution is -0.133. The molecule has 0 aliphatic rings. The Labute approximate surface area is 122 Å². The number of aromatic carboxylic acids is 1. The summed E-state index contributed by atoms with van der Waals surface area (Å²) in [5.41, 5.74) is 1.45. The molecule has 1 N–H and O–H groups in total. The molecule has 0 aromatic heterocycles. The molecule has 0 aliphatic heterocycles. The van der Waals surface area contributed by atoms with E-state index in [1.807, 2.05) is 30.3 Å². The number of rotatable bonds is 5. The first-order valence-corrected chi connectivity index (χ1v) is 6.36. The fourth-order valence-electron chi connectivity index (χ4n) is 1.92. The van der Waals surface area contributed by atoms with Crippen molar-refractivity contribution in [1.82, 2.24) is 0 Å². The minimum Gasteiger partial charge on any atom is -0.478 e. The minimum atomic E-state index is -1.07. The molecule has 0 radical (unpaired) electrons. The van der Waals surface area contributed by atoms with E-state index in [-0.39, 0.29) is 17.7 Å². The maximum absolute atomic E-state index is 11.4. The lowest BCUT2D eigenvalue weighted by atomic mass is 9.99. The summed E-state index contributed by atoms with van der Waals surface area (Å²) in [6, 6.07) is 13.7. The number of ether oxygens (including phenoxy) is 1. The Kier molecular flexibility index (Phi) is 4.51. The average Bonchev–Trinajstić information content (AvgIpc) is 2.48. The molecule has 4 nitrogen and oxygen atoms in total. The van der Waals surface area contributed by atoms with E-state index >= 15 is 0 Å². The van der Waals surface area contributed by atoms with Crippen LogP contribution in [0.5, 0.6) is 5.75 Å². The van der Waals surface area contributed by atoms with Gasteiger partial charge in [0.25, 0.3) is 0 Å². The number of carbonyl (C=O) groups excluding carboxylic acids is 1. The molecule has 21 heavy (non-hydrogen) atoms. The summed E-state index contributed by atoms with van der Waals surface area (Å²) in [4.78, 5) is 22.8. The van der Waals surface area contributed by atoms with E-state index in [2.05, 4.69) is 6.58 Å². The van der Waals surface area contributed by atoms with E-state index in [1.165, 1.54) is 12.1 Å². The van der Waals surface area contributed by atoms with Crippen LogP contribution in [-0.4, -0.2) is 17.0 Å². The predicted octanol–water partition coefficient (Wildman–Crippen LogP) is 3.53. The van der Waals surface area contributed by atoms with Crippen molar-refractivity contribution in [3.05, 3.63) is 66.7 Å². The van der Waals surface area contributed by atoms with Crippen molar-refractivity contribution in [2.24, 2.45) is 0 Å². The fourth-order valence-corrected chi connectivity index (χ4v) is 1.92. The quantitative estimate of drug-likeness (QED) is 0.517. The topological polar surface area (TPSA) is 63.6 Å². The molecule has 0 atom stereocenters. The molecular weight excluding hydrogens is 268 g/mol. The standard InChI is InChI=1S/C17H14O4/c1-2-6-16(18)21-13-9-10-14(15(11-13)17(19)20)12-7-4-3-5-8-12/h2-5,7-11H,1,6H2,(H,19,20). The summed E-state index contributed by atoms with van der Waals surface area (Å²) < 4.78 is 5.06. The summed E-state index contributed by atoms with van der Waals surface area (Å²) in [7, 11) is 0. The second kappa shape index (κ2) is 6.52. The van der Waals surface area contributed by atoms with Gasteiger partial charge in [-0.3, -0.25) is 4.79 Å². The van der Waals surface area contributed by atoms with Crippen LogP contribution in [0.15, 0.2) is 61.2 Å². The molecule has 106 valence electrons. The van der Waals surface area contributed by atoms with Crippen molar-refractivity contribution in [2.75, 3.05) is 0 Å². The maximum Gasteiger partial charge on any atom is 0.336 e. The maximum atomic E-state index is 11.4. The molecule has 2 rings (SSSR count). The van der Waals surface area contributed by atoms with Gasteiger partial charge in [0.2, 0.25) is 0 Å². The highest BCUT2D eigenvalue weighted by Crippen LogP contribution is 2.27. The largest absolute Gasteiger partial charge is 0.478 e. The lowest BCUT2D eigenvalue weighted by Gasteiger charge is -2.09. The normalized spacial score (nSPS) is 9.90.